The van der Waals surface area contributed by atoms with Crippen molar-refractivity contribution in [3.8, 4) is 11.5 Å². The number of anilines is 2. The molecule has 27 heavy (non-hydrogen) atoms. The van der Waals surface area contributed by atoms with Crippen molar-refractivity contribution in [2.75, 3.05) is 50.6 Å². The van der Waals surface area contributed by atoms with Gasteiger partial charge in [0.2, 0.25) is 12.4 Å². The smallest absolute Gasteiger partial charge is 0.274 e. The van der Waals surface area contributed by atoms with Gasteiger partial charge >= 0.3 is 0 Å². The average molecular weight is 371 g/mol. The van der Waals surface area contributed by atoms with Crippen LogP contribution in [-0.4, -0.2) is 67.6 Å². The van der Waals surface area contributed by atoms with Crippen molar-refractivity contribution in [3.63, 3.8) is 0 Å². The number of ether oxygens (including phenoxy) is 2. The predicted octanol–water partition coefficient (Wildman–Crippen LogP) is 1.02. The van der Waals surface area contributed by atoms with E-state index >= 15 is 0 Å². The van der Waals surface area contributed by atoms with Crippen LogP contribution in [0.3, 0.4) is 0 Å². The van der Waals surface area contributed by atoms with E-state index in [1.54, 1.807) is 42.5 Å². The molecule has 0 spiro atoms. The van der Waals surface area contributed by atoms with Crippen molar-refractivity contribution in [2.45, 2.75) is 0 Å². The minimum atomic E-state index is -0.367. The molecule has 1 N–H and O–H groups in total. The van der Waals surface area contributed by atoms with Gasteiger partial charge in [0.05, 0.1) is 19.9 Å². The third-order valence-corrected chi connectivity index (χ3v) is 4.28. The van der Waals surface area contributed by atoms with E-state index in [0.717, 1.165) is 6.41 Å². The van der Waals surface area contributed by atoms with Gasteiger partial charge in [-0.25, -0.2) is 9.97 Å². The van der Waals surface area contributed by atoms with Crippen LogP contribution in [0.4, 0.5) is 11.6 Å². The Morgan fingerprint density at radius 1 is 1.15 bits per heavy atom. The van der Waals surface area contributed by atoms with Gasteiger partial charge in [-0.15, -0.1) is 0 Å². The van der Waals surface area contributed by atoms with E-state index in [0.29, 0.717) is 49.3 Å². The number of nitrogens with zero attached hydrogens (tertiary/aromatic N) is 4. The molecular formula is C18H21N5O4. The molecule has 2 amide bonds. The van der Waals surface area contributed by atoms with Gasteiger partial charge in [0.15, 0.2) is 0 Å². The molecule has 0 bridgehead atoms. The molecule has 3 rings (SSSR count). The molecule has 1 aliphatic heterocycles. The molecule has 2 heterocycles. The van der Waals surface area contributed by atoms with Gasteiger partial charge in [-0.05, 0) is 18.2 Å². The van der Waals surface area contributed by atoms with Crippen LogP contribution in [0.5, 0.6) is 11.5 Å². The van der Waals surface area contributed by atoms with E-state index in [-0.39, 0.29) is 11.6 Å². The van der Waals surface area contributed by atoms with Gasteiger partial charge < -0.3 is 24.6 Å². The first-order chi connectivity index (χ1) is 13.1. The number of carbonyl (C=O) groups excluding carboxylic acids is 2. The zero-order valence-corrected chi connectivity index (χ0v) is 15.2. The highest BCUT2D eigenvalue weighted by atomic mass is 16.5. The first-order valence-corrected chi connectivity index (χ1v) is 8.45. The van der Waals surface area contributed by atoms with E-state index in [2.05, 4.69) is 15.3 Å². The highest BCUT2D eigenvalue weighted by Gasteiger charge is 2.19. The molecular weight excluding hydrogens is 350 g/mol. The monoisotopic (exact) mass is 371 g/mol. The maximum atomic E-state index is 12.6. The lowest BCUT2D eigenvalue weighted by atomic mass is 10.2. The minimum Gasteiger partial charge on any atom is -0.497 e. The van der Waals surface area contributed by atoms with Gasteiger partial charge in [0.1, 0.15) is 17.2 Å². The van der Waals surface area contributed by atoms with Crippen molar-refractivity contribution < 1.29 is 19.1 Å². The van der Waals surface area contributed by atoms with E-state index in [1.807, 2.05) is 4.90 Å². The van der Waals surface area contributed by atoms with Gasteiger partial charge in [-0.1, -0.05) is 0 Å². The second-order valence-electron chi connectivity index (χ2n) is 5.89. The summed E-state index contributed by atoms with van der Waals surface area (Å²) in [5.41, 5.74) is 0.763. The van der Waals surface area contributed by atoms with Crippen molar-refractivity contribution in [1.82, 2.24) is 14.9 Å². The van der Waals surface area contributed by atoms with E-state index in [9.17, 15) is 9.59 Å². The Balaban J connectivity index is 1.73. The zero-order chi connectivity index (χ0) is 19.2. The number of methoxy groups -OCH3 is 2. The van der Waals surface area contributed by atoms with Crippen LogP contribution in [0.15, 0.2) is 30.5 Å². The molecule has 2 aromatic rings. The quantitative estimate of drug-likeness (QED) is 0.757. The summed E-state index contributed by atoms with van der Waals surface area (Å²) < 4.78 is 10.5. The summed E-state index contributed by atoms with van der Waals surface area (Å²) >= 11 is 0. The molecule has 1 aromatic heterocycles. The van der Waals surface area contributed by atoms with E-state index in [4.69, 9.17) is 9.47 Å². The van der Waals surface area contributed by atoms with E-state index < -0.39 is 0 Å². The maximum absolute atomic E-state index is 12.6. The topological polar surface area (TPSA) is 96.9 Å². The fourth-order valence-electron chi connectivity index (χ4n) is 2.74. The molecule has 0 unspecified atom stereocenters. The van der Waals surface area contributed by atoms with Crippen molar-refractivity contribution in [2.24, 2.45) is 0 Å². The lowest BCUT2D eigenvalue weighted by molar-refractivity contribution is -0.118. The average Bonchev–Trinajstić information content (AvgIpc) is 2.74. The minimum absolute atomic E-state index is 0.246. The van der Waals surface area contributed by atoms with Gasteiger partial charge in [0, 0.05) is 38.4 Å². The Bertz CT molecular complexity index is 821. The highest BCUT2D eigenvalue weighted by Crippen LogP contribution is 2.29. The van der Waals surface area contributed by atoms with Crippen LogP contribution < -0.4 is 19.7 Å². The fraction of sp³-hybridized carbons (Fsp3) is 0.333. The van der Waals surface area contributed by atoms with Crippen LogP contribution in [-0.2, 0) is 4.79 Å². The summed E-state index contributed by atoms with van der Waals surface area (Å²) in [6, 6.07) is 6.68. The van der Waals surface area contributed by atoms with Crippen LogP contribution in [0.2, 0.25) is 0 Å². The van der Waals surface area contributed by atoms with Crippen molar-refractivity contribution >= 4 is 24.0 Å². The lowest BCUT2D eigenvalue weighted by Crippen LogP contribution is -2.46. The lowest BCUT2D eigenvalue weighted by Gasteiger charge is -2.32. The summed E-state index contributed by atoms with van der Waals surface area (Å²) in [6.45, 7) is 2.45. The highest BCUT2D eigenvalue weighted by molar-refractivity contribution is 6.03. The molecule has 1 aliphatic rings. The van der Waals surface area contributed by atoms with Crippen LogP contribution >= 0.6 is 0 Å². The second-order valence-corrected chi connectivity index (χ2v) is 5.89. The summed E-state index contributed by atoms with van der Waals surface area (Å²) in [6.07, 6.45) is 2.39. The maximum Gasteiger partial charge on any atom is 0.274 e. The summed E-state index contributed by atoms with van der Waals surface area (Å²) in [4.78, 5) is 35.7. The largest absolute Gasteiger partial charge is 0.497 e. The normalized spacial score (nSPS) is 13.9. The zero-order valence-electron chi connectivity index (χ0n) is 15.2. The molecule has 0 radical (unpaired) electrons. The van der Waals surface area contributed by atoms with Gasteiger partial charge in [-0.3, -0.25) is 9.59 Å². The first-order valence-electron chi connectivity index (χ1n) is 8.45. The molecule has 1 saturated heterocycles. The molecule has 0 saturated carbocycles. The molecule has 0 atom stereocenters. The number of hydrogen-bond acceptors (Lipinski definition) is 7. The Labute approximate surface area is 156 Å². The number of hydrogen-bond donors (Lipinski definition) is 1. The number of nitrogens with one attached hydrogen (secondary N) is 1. The molecule has 1 fully saturated rings. The van der Waals surface area contributed by atoms with Gasteiger partial charge in [0.25, 0.3) is 5.91 Å². The molecule has 9 heteroatoms. The number of aromatic nitrogens is 2. The number of rotatable bonds is 6. The molecule has 9 nitrogen and oxygen atoms in total. The van der Waals surface area contributed by atoms with Crippen LogP contribution in [0, 0.1) is 0 Å². The Morgan fingerprint density at radius 3 is 2.59 bits per heavy atom. The third-order valence-electron chi connectivity index (χ3n) is 4.28. The number of piperazine rings is 1. The van der Waals surface area contributed by atoms with Gasteiger partial charge in [-0.2, -0.15) is 0 Å². The summed E-state index contributed by atoms with van der Waals surface area (Å²) in [7, 11) is 3.08. The predicted molar refractivity (Wildman–Crippen MR) is 99.4 cm³/mol. The molecule has 1 aromatic carbocycles. The van der Waals surface area contributed by atoms with Crippen molar-refractivity contribution in [3.05, 3.63) is 36.2 Å². The SMILES string of the molecule is COc1ccc(NC(=O)c2ccnc(N3CCN(C=O)CC3)n2)c(OC)c1. The standard InChI is InChI=1S/C18H21N5O4/c1-26-13-3-4-14(16(11-13)27-2)20-17(25)15-5-6-19-18(21-15)23-9-7-22(12-24)8-10-23/h3-6,11-12H,7-10H2,1-2H3,(H,20,25). The Morgan fingerprint density at radius 2 is 1.93 bits per heavy atom. The summed E-state index contributed by atoms with van der Waals surface area (Å²) in [5.74, 6) is 1.22. The van der Waals surface area contributed by atoms with Crippen molar-refractivity contribution in [1.29, 1.82) is 0 Å². The first kappa shape index (κ1) is 18.4. The fourth-order valence-corrected chi connectivity index (χ4v) is 2.74. The molecule has 0 aliphatic carbocycles. The van der Waals surface area contributed by atoms with Crippen LogP contribution in [0.25, 0.3) is 0 Å². The second kappa shape index (κ2) is 8.35. The number of amides is 2. The third kappa shape index (κ3) is 4.25. The number of benzene rings is 1. The summed E-state index contributed by atoms with van der Waals surface area (Å²) in [5, 5.41) is 2.79. The Hall–Kier alpha value is -3.36. The Kier molecular flexibility index (Phi) is 5.70. The van der Waals surface area contributed by atoms with Crippen LogP contribution in [0.1, 0.15) is 10.5 Å². The van der Waals surface area contributed by atoms with E-state index in [1.165, 1.54) is 7.11 Å². The number of carbonyl (C=O) groups is 2. The molecule has 142 valence electrons.